The molecule has 0 spiro atoms. The average molecular weight is 692 g/mol. The molecule has 7 aromatic rings. The Hall–Kier alpha value is -6.60. The van der Waals surface area contributed by atoms with Gasteiger partial charge in [-0.1, -0.05) is 36.4 Å². The van der Waals surface area contributed by atoms with Crippen molar-refractivity contribution in [2.24, 2.45) is 0 Å². The van der Waals surface area contributed by atoms with Crippen molar-refractivity contribution in [3.8, 4) is 11.5 Å². The summed E-state index contributed by atoms with van der Waals surface area (Å²) >= 11 is 0. The van der Waals surface area contributed by atoms with E-state index in [-0.39, 0.29) is 0 Å². The van der Waals surface area contributed by atoms with Gasteiger partial charge in [-0.05, 0) is 48.5 Å². The largest absolute Gasteiger partial charge is 0.493 e. The quantitative estimate of drug-likeness (QED) is 0.124. The van der Waals surface area contributed by atoms with E-state index in [4.69, 9.17) is 14.5 Å². The van der Waals surface area contributed by atoms with Crippen LogP contribution in [0.15, 0.2) is 116 Å². The summed E-state index contributed by atoms with van der Waals surface area (Å²) in [5.74, 6) is 3.84. The first kappa shape index (κ1) is 32.6. The van der Waals surface area contributed by atoms with Gasteiger partial charge in [-0.3, -0.25) is 14.9 Å². The van der Waals surface area contributed by atoms with Crippen molar-refractivity contribution in [2.45, 2.75) is 0 Å². The molecule has 0 amide bonds. The summed E-state index contributed by atoms with van der Waals surface area (Å²) in [6, 6.07) is 29.5. The molecule has 13 nitrogen and oxygen atoms in total. The second-order valence-electron chi connectivity index (χ2n) is 12.3. The fraction of sp³-hybridized carbons (Fsp3) is 0.179. The lowest BCUT2D eigenvalue weighted by Gasteiger charge is -2.34. The van der Waals surface area contributed by atoms with Crippen molar-refractivity contribution < 1.29 is 9.47 Å². The zero-order valence-corrected chi connectivity index (χ0v) is 28.6. The smallest absolute Gasteiger partial charge is 0.229 e. The van der Waals surface area contributed by atoms with Gasteiger partial charge in [0.15, 0.2) is 11.5 Å². The number of rotatable bonds is 12. The zero-order chi connectivity index (χ0) is 35.1. The molecule has 1 aliphatic heterocycles. The average Bonchev–Trinajstić information content (AvgIpc) is 3.19. The molecule has 8 rings (SSSR count). The van der Waals surface area contributed by atoms with E-state index in [0.717, 1.165) is 77.4 Å². The summed E-state index contributed by atoms with van der Waals surface area (Å²) in [6.07, 6.45) is 7.11. The number of methoxy groups -OCH3 is 1. The first-order chi connectivity index (χ1) is 25.6. The highest BCUT2D eigenvalue weighted by Crippen LogP contribution is 2.31. The normalized spacial score (nSPS) is 13.2. The van der Waals surface area contributed by atoms with Crippen LogP contribution in [0, 0.1) is 0 Å². The molecule has 0 bridgehead atoms. The topological polar surface area (TPSA) is 138 Å². The van der Waals surface area contributed by atoms with Crippen LogP contribution in [0.25, 0.3) is 21.8 Å². The Morgan fingerprint density at radius 1 is 0.615 bits per heavy atom. The van der Waals surface area contributed by atoms with E-state index in [9.17, 15) is 0 Å². The van der Waals surface area contributed by atoms with E-state index in [1.807, 2.05) is 85.1 Å². The number of pyridine rings is 2. The number of fused-ring (bicyclic) bond motifs is 2. The summed E-state index contributed by atoms with van der Waals surface area (Å²) < 4.78 is 11.8. The van der Waals surface area contributed by atoms with E-state index in [1.54, 1.807) is 25.7 Å². The number of anilines is 7. The molecule has 1 aliphatic rings. The van der Waals surface area contributed by atoms with E-state index >= 15 is 0 Å². The molecule has 13 heteroatoms. The summed E-state index contributed by atoms with van der Waals surface area (Å²) in [7, 11) is 1.63. The molecular formula is C39H37N11O2. The fourth-order valence-corrected chi connectivity index (χ4v) is 6.08. The third-order valence-electron chi connectivity index (χ3n) is 8.76. The first-order valence-electron chi connectivity index (χ1n) is 17.1. The second kappa shape index (κ2) is 15.1. The van der Waals surface area contributed by atoms with Gasteiger partial charge in [0.2, 0.25) is 11.9 Å². The second-order valence-corrected chi connectivity index (χ2v) is 12.3. The van der Waals surface area contributed by atoms with Gasteiger partial charge in [-0.25, -0.2) is 9.97 Å². The maximum atomic E-state index is 6.17. The van der Waals surface area contributed by atoms with Crippen LogP contribution in [-0.4, -0.2) is 81.2 Å². The molecule has 3 N–H and O–H groups in total. The SMILES string of the molecule is COc1cc(Nc2nccc(Nc3cnc4ccccc4c3)n2)ccc1OCCN1CCN(c2nccc(Nc3cnc4ccccc4c3)n2)CC1. The molecule has 0 radical (unpaired) electrons. The minimum absolute atomic E-state index is 0.448. The van der Waals surface area contributed by atoms with Crippen molar-refractivity contribution >= 4 is 62.4 Å². The van der Waals surface area contributed by atoms with Gasteiger partial charge < -0.3 is 30.3 Å². The van der Waals surface area contributed by atoms with Crippen molar-refractivity contribution in [3.05, 3.63) is 116 Å². The van der Waals surface area contributed by atoms with Crippen LogP contribution in [0.5, 0.6) is 11.5 Å². The minimum Gasteiger partial charge on any atom is -0.493 e. The Morgan fingerprint density at radius 2 is 1.27 bits per heavy atom. The molecule has 1 saturated heterocycles. The minimum atomic E-state index is 0.448. The maximum absolute atomic E-state index is 6.17. The predicted molar refractivity (Wildman–Crippen MR) is 205 cm³/mol. The number of hydrogen-bond acceptors (Lipinski definition) is 13. The van der Waals surface area contributed by atoms with E-state index in [1.165, 1.54) is 0 Å². The highest BCUT2D eigenvalue weighted by Gasteiger charge is 2.19. The van der Waals surface area contributed by atoms with Gasteiger partial charge in [0.25, 0.3) is 0 Å². The number of piperazine rings is 1. The van der Waals surface area contributed by atoms with Crippen molar-refractivity contribution in [1.29, 1.82) is 0 Å². The summed E-state index contributed by atoms with van der Waals surface area (Å²) in [5.41, 5.74) is 4.41. The van der Waals surface area contributed by atoms with Gasteiger partial charge >= 0.3 is 0 Å². The van der Waals surface area contributed by atoms with Crippen LogP contribution in [-0.2, 0) is 0 Å². The van der Waals surface area contributed by atoms with Gasteiger partial charge in [0, 0.05) is 67.6 Å². The maximum Gasteiger partial charge on any atom is 0.229 e. The molecule has 3 aromatic carbocycles. The lowest BCUT2D eigenvalue weighted by Crippen LogP contribution is -2.48. The van der Waals surface area contributed by atoms with Crippen LogP contribution in [0.3, 0.4) is 0 Å². The molecule has 52 heavy (non-hydrogen) atoms. The molecule has 0 aliphatic carbocycles. The monoisotopic (exact) mass is 691 g/mol. The Labute approximate surface area is 300 Å². The van der Waals surface area contributed by atoms with Crippen molar-refractivity contribution in [3.63, 3.8) is 0 Å². The lowest BCUT2D eigenvalue weighted by atomic mass is 10.2. The Morgan fingerprint density at radius 3 is 1.96 bits per heavy atom. The Bertz CT molecular complexity index is 2310. The third-order valence-corrected chi connectivity index (χ3v) is 8.76. The van der Waals surface area contributed by atoms with E-state index in [2.05, 4.69) is 62.8 Å². The third kappa shape index (κ3) is 7.74. The Balaban J connectivity index is 0.816. The summed E-state index contributed by atoms with van der Waals surface area (Å²) in [4.78, 5) is 32.0. The molecule has 0 unspecified atom stereocenters. The van der Waals surface area contributed by atoms with Gasteiger partial charge in [0.05, 0.1) is 41.9 Å². The van der Waals surface area contributed by atoms with Gasteiger partial charge in [0.1, 0.15) is 18.2 Å². The first-order valence-corrected chi connectivity index (χ1v) is 17.1. The predicted octanol–water partition coefficient (Wildman–Crippen LogP) is 6.80. The van der Waals surface area contributed by atoms with Gasteiger partial charge in [-0.2, -0.15) is 9.97 Å². The molecule has 0 atom stereocenters. The molecule has 5 heterocycles. The number of hydrogen-bond donors (Lipinski definition) is 3. The highest BCUT2D eigenvalue weighted by molar-refractivity contribution is 5.83. The molecular weight excluding hydrogens is 655 g/mol. The molecule has 260 valence electrons. The standard InChI is InChI=1S/C39H37N11O2/c1-51-35-24-29(46-38-40-14-12-36(47-38)44-30-22-27-6-2-4-8-32(27)42-25-30)10-11-34(35)52-21-20-49-16-18-50(19-17-49)39-41-15-13-37(48-39)45-31-23-28-7-3-5-9-33(28)43-26-31/h2-15,22-26H,16-21H2,1H3,(H,41,45,48)(H2,40,44,46,47). The van der Waals surface area contributed by atoms with Crippen molar-refractivity contribution in [1.82, 2.24) is 34.8 Å². The van der Waals surface area contributed by atoms with E-state index in [0.29, 0.717) is 35.8 Å². The number of para-hydroxylation sites is 2. The molecule has 4 aromatic heterocycles. The number of ether oxygens (including phenoxy) is 2. The number of nitrogens with one attached hydrogen (secondary N) is 3. The molecule has 0 saturated carbocycles. The van der Waals surface area contributed by atoms with Crippen molar-refractivity contribution in [2.75, 3.05) is 67.3 Å². The lowest BCUT2D eigenvalue weighted by molar-refractivity contribution is 0.196. The summed E-state index contributed by atoms with van der Waals surface area (Å²) in [5, 5.41) is 12.1. The van der Waals surface area contributed by atoms with E-state index < -0.39 is 0 Å². The highest BCUT2D eigenvalue weighted by atomic mass is 16.5. The summed E-state index contributed by atoms with van der Waals surface area (Å²) in [6.45, 7) is 4.72. The fourth-order valence-electron chi connectivity index (χ4n) is 6.08. The van der Waals surface area contributed by atoms with Crippen LogP contribution in [0.2, 0.25) is 0 Å². The van der Waals surface area contributed by atoms with Crippen LogP contribution >= 0.6 is 0 Å². The number of benzene rings is 3. The number of aromatic nitrogens is 6. The molecule has 1 fully saturated rings. The van der Waals surface area contributed by atoms with Gasteiger partial charge in [-0.15, -0.1) is 0 Å². The van der Waals surface area contributed by atoms with Crippen LogP contribution in [0.1, 0.15) is 0 Å². The van der Waals surface area contributed by atoms with Crippen LogP contribution in [0.4, 0.5) is 40.6 Å². The number of nitrogens with zero attached hydrogens (tertiary/aromatic N) is 8. The zero-order valence-electron chi connectivity index (χ0n) is 28.6. The van der Waals surface area contributed by atoms with Crippen LogP contribution < -0.4 is 30.3 Å². The Kier molecular flexibility index (Phi) is 9.47.